The molecule has 4 bridgehead atoms. The molecule has 0 saturated heterocycles. The molecule has 0 atom stereocenters. The fourth-order valence-electron chi connectivity index (χ4n) is 4.55. The Labute approximate surface area is 104 Å². The van der Waals surface area contributed by atoms with Gasteiger partial charge in [-0.1, -0.05) is 6.58 Å². The van der Waals surface area contributed by atoms with Crippen LogP contribution in [-0.4, -0.2) is 29.4 Å². The highest BCUT2D eigenvalue weighted by atomic mass is 19.2. The maximum Gasteiger partial charge on any atom is 0.188 e. The van der Waals surface area contributed by atoms with Crippen LogP contribution >= 0.6 is 0 Å². The number of hydrogen-bond donors (Lipinski definition) is 0. The first kappa shape index (κ1) is 12.3. The summed E-state index contributed by atoms with van der Waals surface area (Å²) in [6, 6.07) is 0. The Morgan fingerprint density at radius 3 is 1.72 bits per heavy atom. The van der Waals surface area contributed by atoms with Crippen LogP contribution in [-0.2, 0) is 9.47 Å². The van der Waals surface area contributed by atoms with Gasteiger partial charge in [-0.3, -0.25) is 0 Å². The maximum atomic E-state index is 14.5. The lowest BCUT2D eigenvalue weighted by Crippen LogP contribution is -2.68. The van der Waals surface area contributed by atoms with E-state index in [-0.39, 0.29) is 45.3 Å². The second-order valence-electron chi connectivity index (χ2n) is 6.29. The van der Waals surface area contributed by atoms with Gasteiger partial charge in [-0.05, 0) is 0 Å². The summed E-state index contributed by atoms with van der Waals surface area (Å²) in [7, 11) is 0. The van der Waals surface area contributed by atoms with Crippen molar-refractivity contribution in [3.05, 3.63) is 12.8 Å². The number of alkyl halides is 3. The highest BCUT2D eigenvalue weighted by Gasteiger charge is 2.71. The van der Waals surface area contributed by atoms with Crippen molar-refractivity contribution in [3.8, 4) is 0 Å². The van der Waals surface area contributed by atoms with Crippen molar-refractivity contribution in [1.82, 2.24) is 0 Å². The molecule has 0 heterocycles. The van der Waals surface area contributed by atoms with E-state index in [1.165, 1.54) is 6.26 Å². The summed E-state index contributed by atoms with van der Waals surface area (Å²) in [4.78, 5) is 0. The highest BCUT2D eigenvalue weighted by molar-refractivity contribution is 5.21. The Bertz CT molecular complexity index is 331. The first-order chi connectivity index (χ1) is 8.30. The predicted octanol–water partition coefficient (Wildman–Crippen LogP) is 3.37. The van der Waals surface area contributed by atoms with Gasteiger partial charge in [-0.2, -0.15) is 0 Å². The van der Waals surface area contributed by atoms with Gasteiger partial charge in [0.25, 0.3) is 0 Å². The summed E-state index contributed by atoms with van der Waals surface area (Å²) in [6.45, 7) is 3.23. The Morgan fingerprint density at radius 2 is 1.33 bits per heavy atom. The van der Waals surface area contributed by atoms with Crippen molar-refractivity contribution in [2.45, 2.75) is 61.1 Å². The normalized spacial score (nSPS) is 53.5. The van der Waals surface area contributed by atoms with Crippen LogP contribution in [0.3, 0.4) is 0 Å². The SMILES string of the molecule is C=COCOC12CC3(F)CC(F)(CC(F)(C3)C1)C2. The Kier molecular flexibility index (Phi) is 2.35. The predicted molar refractivity (Wildman–Crippen MR) is 59.2 cm³/mol. The molecule has 2 nitrogen and oxygen atoms in total. The number of hydrogen-bond acceptors (Lipinski definition) is 2. The van der Waals surface area contributed by atoms with Gasteiger partial charge in [-0.25, -0.2) is 13.2 Å². The Morgan fingerprint density at radius 1 is 0.889 bits per heavy atom. The van der Waals surface area contributed by atoms with Crippen LogP contribution < -0.4 is 0 Å². The molecule has 0 radical (unpaired) electrons. The average molecular weight is 262 g/mol. The zero-order valence-electron chi connectivity index (χ0n) is 10.2. The number of halogens is 3. The monoisotopic (exact) mass is 262 g/mol. The molecule has 0 unspecified atom stereocenters. The molecule has 4 fully saturated rings. The van der Waals surface area contributed by atoms with E-state index in [2.05, 4.69) is 6.58 Å². The molecule has 0 spiro atoms. The summed E-state index contributed by atoms with van der Waals surface area (Å²) in [5, 5.41) is 0. The van der Waals surface area contributed by atoms with Gasteiger partial charge in [-0.15, -0.1) is 0 Å². The highest BCUT2D eigenvalue weighted by Crippen LogP contribution is 2.65. The van der Waals surface area contributed by atoms with Crippen molar-refractivity contribution < 1.29 is 22.6 Å². The van der Waals surface area contributed by atoms with Crippen LogP contribution in [0.4, 0.5) is 13.2 Å². The van der Waals surface area contributed by atoms with Crippen LogP contribution in [0.25, 0.3) is 0 Å². The molecule has 5 heteroatoms. The summed E-state index contributed by atoms with van der Waals surface area (Å²) in [6.07, 6.45) is 0.812. The Hall–Kier alpha value is -0.710. The fourth-order valence-corrected chi connectivity index (χ4v) is 4.55. The average Bonchev–Trinajstić information content (AvgIpc) is 2.09. The third kappa shape index (κ3) is 1.83. The summed E-state index contributed by atoms with van der Waals surface area (Å²) in [5.74, 6) is 0. The van der Waals surface area contributed by atoms with Crippen LogP contribution in [0.5, 0.6) is 0 Å². The lowest BCUT2D eigenvalue weighted by atomic mass is 9.50. The zero-order valence-corrected chi connectivity index (χ0v) is 10.2. The molecule has 4 aliphatic rings. The molecule has 0 aromatic carbocycles. The molecule has 0 amide bonds. The molecule has 0 aromatic heterocycles. The number of ether oxygens (including phenoxy) is 2. The minimum Gasteiger partial charge on any atom is -0.476 e. The topological polar surface area (TPSA) is 18.5 Å². The standard InChI is InChI=1S/C13H17F3O2/c1-2-17-9-18-13-6-10(14)3-11(15,7-13)5-12(16,4-10)8-13/h2H,1,3-9H2. The maximum absolute atomic E-state index is 14.5. The molecule has 4 rings (SSSR count). The van der Waals surface area contributed by atoms with E-state index < -0.39 is 22.6 Å². The Balaban J connectivity index is 1.86. The smallest absolute Gasteiger partial charge is 0.188 e. The second-order valence-corrected chi connectivity index (χ2v) is 6.29. The molecule has 4 aliphatic carbocycles. The van der Waals surface area contributed by atoms with Gasteiger partial charge in [0.05, 0.1) is 11.9 Å². The van der Waals surface area contributed by atoms with E-state index in [9.17, 15) is 13.2 Å². The van der Waals surface area contributed by atoms with Crippen LogP contribution in [0, 0.1) is 0 Å². The molecule has 0 aliphatic heterocycles. The molecule has 0 N–H and O–H groups in total. The third-order valence-corrected chi connectivity index (χ3v) is 4.37. The zero-order chi connectivity index (χ0) is 13.1. The fraction of sp³-hybridized carbons (Fsp3) is 0.846. The van der Waals surface area contributed by atoms with E-state index in [0.717, 1.165) is 0 Å². The van der Waals surface area contributed by atoms with E-state index >= 15 is 0 Å². The van der Waals surface area contributed by atoms with Gasteiger partial charge in [0.15, 0.2) is 6.79 Å². The first-order valence-corrected chi connectivity index (χ1v) is 6.24. The van der Waals surface area contributed by atoms with Crippen LogP contribution in [0.15, 0.2) is 12.8 Å². The van der Waals surface area contributed by atoms with E-state index in [1.807, 2.05) is 0 Å². The van der Waals surface area contributed by atoms with Gasteiger partial charge in [0.2, 0.25) is 0 Å². The lowest BCUT2D eigenvalue weighted by Gasteiger charge is -2.62. The van der Waals surface area contributed by atoms with Crippen molar-refractivity contribution in [3.63, 3.8) is 0 Å². The largest absolute Gasteiger partial charge is 0.476 e. The molecular weight excluding hydrogens is 245 g/mol. The van der Waals surface area contributed by atoms with Gasteiger partial charge in [0.1, 0.15) is 17.0 Å². The van der Waals surface area contributed by atoms with Crippen LogP contribution in [0.2, 0.25) is 0 Å². The van der Waals surface area contributed by atoms with Crippen molar-refractivity contribution in [2.75, 3.05) is 6.79 Å². The summed E-state index contributed by atoms with van der Waals surface area (Å²) >= 11 is 0. The van der Waals surface area contributed by atoms with E-state index in [4.69, 9.17) is 9.47 Å². The molecule has 18 heavy (non-hydrogen) atoms. The minimum atomic E-state index is -1.77. The van der Waals surface area contributed by atoms with Gasteiger partial charge >= 0.3 is 0 Å². The number of rotatable bonds is 4. The third-order valence-electron chi connectivity index (χ3n) is 4.37. The minimum absolute atomic E-state index is 0.0673. The summed E-state index contributed by atoms with van der Waals surface area (Å²) in [5.41, 5.74) is -6.37. The van der Waals surface area contributed by atoms with E-state index in [0.29, 0.717) is 0 Å². The molecule has 4 saturated carbocycles. The quantitative estimate of drug-likeness (QED) is 0.439. The lowest BCUT2D eigenvalue weighted by molar-refractivity contribution is -0.274. The molecular formula is C13H17F3O2. The van der Waals surface area contributed by atoms with Gasteiger partial charge < -0.3 is 9.47 Å². The summed E-state index contributed by atoms with van der Waals surface area (Å²) < 4.78 is 53.8. The molecule has 0 aromatic rings. The molecule has 102 valence electrons. The van der Waals surface area contributed by atoms with Crippen molar-refractivity contribution in [2.24, 2.45) is 0 Å². The van der Waals surface area contributed by atoms with Gasteiger partial charge in [0, 0.05) is 38.5 Å². The first-order valence-electron chi connectivity index (χ1n) is 6.24. The van der Waals surface area contributed by atoms with Crippen molar-refractivity contribution in [1.29, 1.82) is 0 Å². The second kappa shape index (κ2) is 3.44. The van der Waals surface area contributed by atoms with E-state index in [1.54, 1.807) is 0 Å². The van der Waals surface area contributed by atoms with Crippen LogP contribution in [0.1, 0.15) is 38.5 Å². The van der Waals surface area contributed by atoms with Crippen molar-refractivity contribution >= 4 is 0 Å².